The standard InChI is InChI=1S/C16H20O3/c1-19-15-12-14(17)9-11-16(15,18)10-5-8-13-6-3-2-4-7-13/h2-8,15,18H,9-12H2,1H3/b8-5+/t15-,16-/m0/s1. The topological polar surface area (TPSA) is 46.5 Å². The fourth-order valence-electron chi connectivity index (χ4n) is 2.52. The van der Waals surface area contributed by atoms with Gasteiger partial charge in [0, 0.05) is 20.0 Å². The second-order valence-electron chi connectivity index (χ2n) is 5.09. The van der Waals surface area contributed by atoms with Gasteiger partial charge in [-0.2, -0.15) is 0 Å². The van der Waals surface area contributed by atoms with E-state index in [4.69, 9.17) is 4.74 Å². The summed E-state index contributed by atoms with van der Waals surface area (Å²) in [5, 5.41) is 10.6. The highest BCUT2D eigenvalue weighted by Crippen LogP contribution is 2.32. The van der Waals surface area contributed by atoms with Crippen LogP contribution in [0.15, 0.2) is 36.4 Å². The molecule has 1 N–H and O–H groups in total. The van der Waals surface area contributed by atoms with Crippen molar-refractivity contribution in [2.75, 3.05) is 7.11 Å². The SMILES string of the molecule is CO[C@H]1CC(=O)CC[C@@]1(O)C/C=C/c1ccccc1. The van der Waals surface area contributed by atoms with E-state index in [1.807, 2.05) is 42.5 Å². The summed E-state index contributed by atoms with van der Waals surface area (Å²) in [5.74, 6) is 0.170. The molecule has 19 heavy (non-hydrogen) atoms. The van der Waals surface area contributed by atoms with E-state index >= 15 is 0 Å². The quantitative estimate of drug-likeness (QED) is 0.905. The molecule has 2 rings (SSSR count). The van der Waals surface area contributed by atoms with Gasteiger partial charge in [0.2, 0.25) is 0 Å². The molecule has 1 fully saturated rings. The van der Waals surface area contributed by atoms with E-state index < -0.39 is 11.7 Å². The van der Waals surface area contributed by atoms with E-state index in [0.717, 1.165) is 5.56 Å². The summed E-state index contributed by atoms with van der Waals surface area (Å²) in [5.41, 5.74) is 0.181. The van der Waals surface area contributed by atoms with Crippen LogP contribution < -0.4 is 0 Å². The van der Waals surface area contributed by atoms with Crippen molar-refractivity contribution in [1.82, 2.24) is 0 Å². The number of carbonyl (C=O) groups is 1. The van der Waals surface area contributed by atoms with Crippen molar-refractivity contribution in [1.29, 1.82) is 0 Å². The van der Waals surface area contributed by atoms with Gasteiger partial charge in [0.25, 0.3) is 0 Å². The third kappa shape index (κ3) is 3.52. The third-order valence-electron chi connectivity index (χ3n) is 3.71. The van der Waals surface area contributed by atoms with Crippen LogP contribution in [-0.4, -0.2) is 29.7 Å². The van der Waals surface area contributed by atoms with Gasteiger partial charge in [0.1, 0.15) is 5.78 Å². The first-order chi connectivity index (χ1) is 9.14. The number of hydrogen-bond acceptors (Lipinski definition) is 3. The number of hydrogen-bond donors (Lipinski definition) is 1. The average Bonchev–Trinajstić information content (AvgIpc) is 2.43. The monoisotopic (exact) mass is 260 g/mol. The van der Waals surface area contributed by atoms with E-state index in [1.165, 1.54) is 0 Å². The highest BCUT2D eigenvalue weighted by Gasteiger charge is 2.41. The maximum Gasteiger partial charge on any atom is 0.135 e. The number of benzene rings is 1. The van der Waals surface area contributed by atoms with Crippen molar-refractivity contribution >= 4 is 11.9 Å². The number of methoxy groups -OCH3 is 1. The average molecular weight is 260 g/mol. The minimum Gasteiger partial charge on any atom is -0.387 e. The molecule has 1 aromatic carbocycles. The molecule has 0 radical (unpaired) electrons. The third-order valence-corrected chi connectivity index (χ3v) is 3.71. The number of Topliss-reactive ketones (excluding diaryl/α,β-unsaturated/α-hetero) is 1. The van der Waals surface area contributed by atoms with Gasteiger partial charge in [0.15, 0.2) is 0 Å². The second kappa shape index (κ2) is 6.13. The van der Waals surface area contributed by atoms with E-state index in [1.54, 1.807) is 7.11 Å². The van der Waals surface area contributed by atoms with E-state index in [9.17, 15) is 9.90 Å². The lowest BCUT2D eigenvalue weighted by Gasteiger charge is -2.37. The summed E-state index contributed by atoms with van der Waals surface area (Å²) >= 11 is 0. The van der Waals surface area contributed by atoms with Gasteiger partial charge >= 0.3 is 0 Å². The number of carbonyl (C=O) groups excluding carboxylic acids is 1. The van der Waals surface area contributed by atoms with Crippen LogP contribution in [0.3, 0.4) is 0 Å². The Morgan fingerprint density at radius 2 is 2.16 bits per heavy atom. The van der Waals surface area contributed by atoms with Crippen LogP contribution in [0.5, 0.6) is 0 Å². The van der Waals surface area contributed by atoms with Crippen LogP contribution in [-0.2, 0) is 9.53 Å². The van der Waals surface area contributed by atoms with Gasteiger partial charge in [-0.3, -0.25) is 4.79 Å². The molecule has 3 nitrogen and oxygen atoms in total. The maximum atomic E-state index is 11.4. The summed E-state index contributed by atoms with van der Waals surface area (Å²) in [7, 11) is 1.55. The molecule has 0 aromatic heterocycles. The maximum absolute atomic E-state index is 11.4. The zero-order valence-corrected chi connectivity index (χ0v) is 11.2. The van der Waals surface area contributed by atoms with Gasteiger partial charge < -0.3 is 9.84 Å². The number of aliphatic hydroxyl groups is 1. The van der Waals surface area contributed by atoms with Crippen LogP contribution in [0, 0.1) is 0 Å². The Balaban J connectivity index is 2.00. The Morgan fingerprint density at radius 3 is 2.84 bits per heavy atom. The van der Waals surface area contributed by atoms with Gasteiger partial charge in [-0.05, 0) is 18.4 Å². The molecule has 0 spiro atoms. The van der Waals surface area contributed by atoms with Crippen molar-refractivity contribution < 1.29 is 14.6 Å². The zero-order valence-electron chi connectivity index (χ0n) is 11.2. The molecule has 1 aliphatic rings. The first kappa shape index (κ1) is 14.0. The lowest BCUT2D eigenvalue weighted by Crippen LogP contribution is -2.47. The minimum absolute atomic E-state index is 0.170. The van der Waals surface area contributed by atoms with Crippen LogP contribution in [0.2, 0.25) is 0 Å². The van der Waals surface area contributed by atoms with Crippen LogP contribution >= 0.6 is 0 Å². The number of rotatable bonds is 4. The largest absolute Gasteiger partial charge is 0.387 e. The van der Waals surface area contributed by atoms with E-state index in [-0.39, 0.29) is 5.78 Å². The molecule has 1 aliphatic carbocycles. The number of ether oxygens (including phenoxy) is 1. The fourth-order valence-corrected chi connectivity index (χ4v) is 2.52. The molecule has 0 heterocycles. The van der Waals surface area contributed by atoms with Crippen LogP contribution in [0.25, 0.3) is 6.08 Å². The molecular weight excluding hydrogens is 240 g/mol. The Bertz CT molecular complexity index is 452. The predicted octanol–water partition coefficient (Wildman–Crippen LogP) is 2.59. The molecular formula is C16H20O3. The van der Waals surface area contributed by atoms with E-state index in [0.29, 0.717) is 25.7 Å². The van der Waals surface area contributed by atoms with Crippen molar-refractivity contribution in [3.05, 3.63) is 42.0 Å². The molecule has 0 amide bonds. The predicted molar refractivity (Wildman–Crippen MR) is 74.7 cm³/mol. The van der Waals surface area contributed by atoms with Gasteiger partial charge in [-0.15, -0.1) is 0 Å². The summed E-state index contributed by atoms with van der Waals surface area (Å²) in [6.07, 6.45) is 5.28. The second-order valence-corrected chi connectivity index (χ2v) is 5.09. The summed E-state index contributed by atoms with van der Waals surface area (Å²) in [4.78, 5) is 11.4. The normalized spacial score (nSPS) is 27.9. The molecule has 0 unspecified atom stereocenters. The van der Waals surface area contributed by atoms with Gasteiger partial charge in [-0.25, -0.2) is 0 Å². The summed E-state index contributed by atoms with van der Waals surface area (Å²) in [6.45, 7) is 0. The first-order valence-corrected chi connectivity index (χ1v) is 6.62. The Morgan fingerprint density at radius 1 is 1.42 bits per heavy atom. The lowest BCUT2D eigenvalue weighted by molar-refractivity contribution is -0.145. The Kier molecular flexibility index (Phi) is 4.51. The summed E-state index contributed by atoms with van der Waals surface area (Å²) in [6, 6.07) is 9.95. The van der Waals surface area contributed by atoms with E-state index in [2.05, 4.69) is 0 Å². The summed E-state index contributed by atoms with van der Waals surface area (Å²) < 4.78 is 5.28. The minimum atomic E-state index is -0.923. The highest BCUT2D eigenvalue weighted by molar-refractivity contribution is 5.80. The van der Waals surface area contributed by atoms with Gasteiger partial charge in [0.05, 0.1) is 11.7 Å². The molecule has 3 heteroatoms. The van der Waals surface area contributed by atoms with Gasteiger partial charge in [-0.1, -0.05) is 42.5 Å². The molecule has 1 saturated carbocycles. The molecule has 102 valence electrons. The number of ketones is 1. The molecule has 0 saturated heterocycles. The van der Waals surface area contributed by atoms with Crippen LogP contribution in [0.4, 0.5) is 0 Å². The van der Waals surface area contributed by atoms with Crippen molar-refractivity contribution in [3.63, 3.8) is 0 Å². The zero-order chi connectivity index (χ0) is 13.7. The molecule has 0 bridgehead atoms. The molecule has 0 aliphatic heterocycles. The Hall–Kier alpha value is -1.45. The van der Waals surface area contributed by atoms with Crippen molar-refractivity contribution in [2.45, 2.75) is 37.4 Å². The van der Waals surface area contributed by atoms with Crippen molar-refractivity contribution in [2.24, 2.45) is 0 Å². The smallest absolute Gasteiger partial charge is 0.135 e. The molecule has 2 atom stereocenters. The van der Waals surface area contributed by atoms with Crippen molar-refractivity contribution in [3.8, 4) is 0 Å². The lowest BCUT2D eigenvalue weighted by atomic mass is 9.79. The fraction of sp³-hybridized carbons (Fsp3) is 0.438. The van der Waals surface area contributed by atoms with Crippen LogP contribution in [0.1, 0.15) is 31.2 Å². The highest BCUT2D eigenvalue weighted by atomic mass is 16.5. The Labute approximate surface area is 113 Å². The first-order valence-electron chi connectivity index (χ1n) is 6.62. The molecule has 1 aromatic rings.